The van der Waals surface area contributed by atoms with Crippen LogP contribution < -0.4 is 4.74 Å². The summed E-state index contributed by atoms with van der Waals surface area (Å²) < 4.78 is 5.31. The van der Waals surface area contributed by atoms with E-state index in [9.17, 15) is 0 Å². The van der Waals surface area contributed by atoms with Crippen LogP contribution in [0.25, 0.3) is 10.8 Å². The fraction of sp³-hybridized carbons (Fsp3) is 0.158. The minimum atomic E-state index is -0.166. The number of fused-ring (bicyclic) bond motifs is 1. The van der Waals surface area contributed by atoms with E-state index in [2.05, 4.69) is 42.5 Å². The third-order valence-electron chi connectivity index (χ3n) is 3.81. The average Bonchev–Trinajstić information content (AvgIpc) is 2.53. The maximum absolute atomic E-state index is 6.74. The average molecular weight is 297 g/mol. The first-order valence-corrected chi connectivity index (χ1v) is 7.40. The van der Waals surface area contributed by atoms with Crippen LogP contribution in [-0.4, -0.2) is 7.11 Å². The standard InChI is InChI=1S/C19H17ClO/c1-13-12-15(10-11-18(13)21-2)19(20)17-9-5-7-14-6-3-4-8-16(14)17/h3-12,19H,1-2H3. The Kier molecular flexibility index (Phi) is 3.85. The third-order valence-corrected chi connectivity index (χ3v) is 4.30. The van der Waals surface area contributed by atoms with Crippen molar-refractivity contribution >= 4 is 22.4 Å². The fourth-order valence-corrected chi connectivity index (χ4v) is 3.04. The van der Waals surface area contributed by atoms with Gasteiger partial charge in [0, 0.05) is 0 Å². The number of halogens is 1. The molecular formula is C19H17ClO. The molecule has 0 aliphatic carbocycles. The van der Waals surface area contributed by atoms with Crippen molar-refractivity contribution in [1.82, 2.24) is 0 Å². The number of alkyl halides is 1. The molecule has 0 spiro atoms. The second kappa shape index (κ2) is 5.79. The number of hydrogen-bond donors (Lipinski definition) is 0. The van der Waals surface area contributed by atoms with Gasteiger partial charge in [0.1, 0.15) is 5.75 Å². The van der Waals surface area contributed by atoms with E-state index in [4.69, 9.17) is 16.3 Å². The molecule has 0 N–H and O–H groups in total. The molecule has 3 rings (SSSR count). The number of methoxy groups -OCH3 is 1. The summed E-state index contributed by atoms with van der Waals surface area (Å²) in [6.07, 6.45) is 0. The summed E-state index contributed by atoms with van der Waals surface area (Å²) in [6, 6.07) is 20.7. The summed E-state index contributed by atoms with van der Waals surface area (Å²) >= 11 is 6.74. The lowest BCUT2D eigenvalue weighted by molar-refractivity contribution is 0.411. The molecule has 1 unspecified atom stereocenters. The van der Waals surface area contributed by atoms with Gasteiger partial charge in [-0.2, -0.15) is 0 Å². The van der Waals surface area contributed by atoms with Crippen LogP contribution in [0.15, 0.2) is 60.7 Å². The van der Waals surface area contributed by atoms with Gasteiger partial charge in [-0.1, -0.05) is 54.6 Å². The van der Waals surface area contributed by atoms with Gasteiger partial charge in [-0.25, -0.2) is 0 Å². The van der Waals surface area contributed by atoms with Gasteiger partial charge >= 0.3 is 0 Å². The summed E-state index contributed by atoms with van der Waals surface area (Å²) in [5, 5.41) is 2.25. The Balaban J connectivity index is 2.08. The Bertz CT molecular complexity index is 774. The van der Waals surface area contributed by atoms with Crippen molar-refractivity contribution in [3.63, 3.8) is 0 Å². The molecule has 0 heterocycles. The number of ether oxygens (including phenoxy) is 1. The highest BCUT2D eigenvalue weighted by Gasteiger charge is 2.14. The molecule has 3 aromatic rings. The Hall–Kier alpha value is -1.99. The second-order valence-electron chi connectivity index (χ2n) is 5.16. The van der Waals surface area contributed by atoms with E-state index in [1.165, 1.54) is 10.8 Å². The van der Waals surface area contributed by atoms with E-state index >= 15 is 0 Å². The highest BCUT2D eigenvalue weighted by atomic mass is 35.5. The monoisotopic (exact) mass is 296 g/mol. The molecule has 1 nitrogen and oxygen atoms in total. The molecule has 0 saturated carbocycles. The Morgan fingerprint density at radius 1 is 0.952 bits per heavy atom. The van der Waals surface area contributed by atoms with E-state index in [0.717, 1.165) is 22.4 Å². The van der Waals surface area contributed by atoms with Crippen molar-refractivity contribution < 1.29 is 4.74 Å². The van der Waals surface area contributed by atoms with Crippen molar-refractivity contribution in [3.8, 4) is 5.75 Å². The van der Waals surface area contributed by atoms with E-state index < -0.39 is 0 Å². The molecule has 2 heteroatoms. The molecule has 106 valence electrons. The number of benzene rings is 3. The minimum absolute atomic E-state index is 0.166. The summed E-state index contributed by atoms with van der Waals surface area (Å²) in [6.45, 7) is 2.04. The van der Waals surface area contributed by atoms with Gasteiger partial charge in [-0.05, 0) is 40.5 Å². The first-order chi connectivity index (χ1) is 10.2. The summed E-state index contributed by atoms with van der Waals surface area (Å²) in [4.78, 5) is 0. The van der Waals surface area contributed by atoms with Crippen molar-refractivity contribution in [1.29, 1.82) is 0 Å². The molecule has 0 saturated heterocycles. The Labute approximate surface area is 130 Å². The molecule has 0 aliphatic rings. The predicted molar refractivity (Wildman–Crippen MR) is 89.4 cm³/mol. The van der Waals surface area contributed by atoms with Crippen molar-refractivity contribution in [3.05, 3.63) is 77.4 Å². The van der Waals surface area contributed by atoms with Gasteiger partial charge in [-0.3, -0.25) is 0 Å². The lowest BCUT2D eigenvalue weighted by Gasteiger charge is -2.15. The van der Waals surface area contributed by atoms with E-state index in [-0.39, 0.29) is 5.38 Å². The van der Waals surface area contributed by atoms with Crippen molar-refractivity contribution in [2.45, 2.75) is 12.3 Å². The SMILES string of the molecule is COc1ccc(C(Cl)c2cccc3ccccc23)cc1C. The number of aryl methyl sites for hydroxylation is 1. The van der Waals surface area contributed by atoms with Gasteiger partial charge in [0.15, 0.2) is 0 Å². The topological polar surface area (TPSA) is 9.23 Å². The van der Waals surface area contributed by atoms with Crippen LogP contribution >= 0.6 is 11.6 Å². The lowest BCUT2D eigenvalue weighted by Crippen LogP contribution is -1.96. The largest absolute Gasteiger partial charge is 0.496 e. The zero-order valence-corrected chi connectivity index (χ0v) is 12.9. The molecular weight excluding hydrogens is 280 g/mol. The summed E-state index contributed by atoms with van der Waals surface area (Å²) in [7, 11) is 1.69. The van der Waals surface area contributed by atoms with Crippen LogP contribution in [0, 0.1) is 6.92 Å². The van der Waals surface area contributed by atoms with Crippen LogP contribution in [0.4, 0.5) is 0 Å². The second-order valence-corrected chi connectivity index (χ2v) is 5.60. The Morgan fingerprint density at radius 2 is 1.71 bits per heavy atom. The van der Waals surface area contributed by atoms with Crippen molar-refractivity contribution in [2.24, 2.45) is 0 Å². The summed E-state index contributed by atoms with van der Waals surface area (Å²) in [5.74, 6) is 0.889. The highest BCUT2D eigenvalue weighted by molar-refractivity contribution is 6.23. The molecule has 0 aliphatic heterocycles. The molecule has 0 amide bonds. The van der Waals surface area contributed by atoms with Crippen LogP contribution in [0.5, 0.6) is 5.75 Å². The minimum Gasteiger partial charge on any atom is -0.496 e. The van der Waals surface area contributed by atoms with Gasteiger partial charge in [-0.15, -0.1) is 11.6 Å². The van der Waals surface area contributed by atoms with E-state index in [1.54, 1.807) is 7.11 Å². The van der Waals surface area contributed by atoms with Crippen LogP contribution in [0.2, 0.25) is 0 Å². The molecule has 1 atom stereocenters. The summed E-state index contributed by atoms with van der Waals surface area (Å²) in [5.41, 5.74) is 3.33. The van der Waals surface area contributed by atoms with Gasteiger partial charge in [0.2, 0.25) is 0 Å². The van der Waals surface area contributed by atoms with Gasteiger partial charge in [0.05, 0.1) is 12.5 Å². The highest BCUT2D eigenvalue weighted by Crippen LogP contribution is 2.35. The Morgan fingerprint density at radius 3 is 2.48 bits per heavy atom. The zero-order chi connectivity index (χ0) is 14.8. The molecule has 21 heavy (non-hydrogen) atoms. The predicted octanol–water partition coefficient (Wildman–Crippen LogP) is 5.49. The fourth-order valence-electron chi connectivity index (χ4n) is 2.71. The first kappa shape index (κ1) is 14.0. The molecule has 0 bridgehead atoms. The van der Waals surface area contributed by atoms with Crippen LogP contribution in [-0.2, 0) is 0 Å². The van der Waals surface area contributed by atoms with Gasteiger partial charge < -0.3 is 4.74 Å². The third kappa shape index (κ3) is 2.62. The van der Waals surface area contributed by atoms with Crippen molar-refractivity contribution in [2.75, 3.05) is 7.11 Å². The smallest absolute Gasteiger partial charge is 0.121 e. The maximum atomic E-state index is 6.74. The normalized spacial score (nSPS) is 12.3. The lowest BCUT2D eigenvalue weighted by atomic mass is 9.97. The quantitative estimate of drug-likeness (QED) is 0.581. The first-order valence-electron chi connectivity index (χ1n) is 6.97. The molecule has 0 radical (unpaired) electrons. The zero-order valence-electron chi connectivity index (χ0n) is 12.1. The van der Waals surface area contributed by atoms with E-state index in [0.29, 0.717) is 0 Å². The van der Waals surface area contributed by atoms with Crippen LogP contribution in [0.3, 0.4) is 0 Å². The molecule has 0 aromatic heterocycles. The number of hydrogen-bond acceptors (Lipinski definition) is 1. The molecule has 0 fully saturated rings. The van der Waals surface area contributed by atoms with Crippen LogP contribution in [0.1, 0.15) is 22.1 Å². The van der Waals surface area contributed by atoms with E-state index in [1.807, 2.05) is 25.1 Å². The van der Waals surface area contributed by atoms with Gasteiger partial charge in [0.25, 0.3) is 0 Å². The number of rotatable bonds is 3. The molecule has 3 aromatic carbocycles. The maximum Gasteiger partial charge on any atom is 0.121 e.